The van der Waals surface area contributed by atoms with E-state index in [0.29, 0.717) is 18.7 Å². The molecular formula is C10H15N5O. The van der Waals surface area contributed by atoms with E-state index in [1.165, 1.54) is 6.33 Å². The lowest BCUT2D eigenvalue weighted by Gasteiger charge is -2.09. The number of nitrogens with zero attached hydrogens (tertiary/aromatic N) is 4. The summed E-state index contributed by atoms with van der Waals surface area (Å²) in [6.45, 7) is 4.37. The van der Waals surface area contributed by atoms with Crippen LogP contribution in [0.4, 0.5) is 5.82 Å². The third kappa shape index (κ3) is 2.27. The van der Waals surface area contributed by atoms with Crippen LogP contribution in [-0.4, -0.2) is 37.3 Å². The molecule has 0 aromatic carbocycles. The van der Waals surface area contributed by atoms with Gasteiger partial charge in [-0.05, 0) is 20.3 Å². The van der Waals surface area contributed by atoms with Gasteiger partial charge in [0.1, 0.15) is 12.1 Å². The molecule has 0 saturated carbocycles. The van der Waals surface area contributed by atoms with Crippen molar-refractivity contribution >= 4 is 11.6 Å². The van der Waals surface area contributed by atoms with Gasteiger partial charge >= 0.3 is 0 Å². The topological polar surface area (TPSA) is 75.3 Å². The Balaban J connectivity index is 2.19. The molecule has 0 bridgehead atoms. The van der Waals surface area contributed by atoms with E-state index in [4.69, 9.17) is 0 Å². The smallest absolute Gasteiger partial charge is 0.254 e. The number of fused-ring (bicyclic) bond motifs is 1. The molecule has 6 heteroatoms. The molecule has 6 nitrogen and oxygen atoms in total. The monoisotopic (exact) mass is 221 g/mol. The Labute approximate surface area is 93.3 Å². The molecule has 0 spiro atoms. The highest BCUT2D eigenvalue weighted by Gasteiger charge is 2.05. The van der Waals surface area contributed by atoms with Crippen LogP contribution in [0.2, 0.25) is 0 Å². The first-order chi connectivity index (χ1) is 7.66. The maximum Gasteiger partial charge on any atom is 0.254 e. The number of hydrogen-bond donors (Lipinski definition) is 2. The van der Waals surface area contributed by atoms with Gasteiger partial charge in [-0.15, -0.1) is 0 Å². The van der Waals surface area contributed by atoms with Crippen molar-refractivity contribution in [2.75, 3.05) is 11.9 Å². The van der Waals surface area contributed by atoms with E-state index in [-0.39, 0.29) is 6.10 Å². The van der Waals surface area contributed by atoms with E-state index in [0.717, 1.165) is 11.5 Å². The zero-order chi connectivity index (χ0) is 11.5. The lowest BCUT2D eigenvalue weighted by Crippen LogP contribution is -2.12. The van der Waals surface area contributed by atoms with E-state index >= 15 is 0 Å². The van der Waals surface area contributed by atoms with Crippen LogP contribution in [0.1, 0.15) is 19.0 Å². The van der Waals surface area contributed by atoms with Crippen molar-refractivity contribution in [1.82, 2.24) is 19.6 Å². The first kappa shape index (κ1) is 10.8. The van der Waals surface area contributed by atoms with Gasteiger partial charge in [-0.2, -0.15) is 14.6 Å². The predicted molar refractivity (Wildman–Crippen MR) is 60.3 cm³/mol. The van der Waals surface area contributed by atoms with E-state index in [9.17, 15) is 5.11 Å². The van der Waals surface area contributed by atoms with E-state index in [1.54, 1.807) is 11.4 Å². The van der Waals surface area contributed by atoms with Crippen molar-refractivity contribution in [2.24, 2.45) is 0 Å². The molecule has 2 N–H and O–H groups in total. The Morgan fingerprint density at radius 1 is 1.56 bits per heavy atom. The molecule has 0 aliphatic rings. The summed E-state index contributed by atoms with van der Waals surface area (Å²) in [5.41, 5.74) is 0.889. The summed E-state index contributed by atoms with van der Waals surface area (Å²) >= 11 is 0. The van der Waals surface area contributed by atoms with Crippen molar-refractivity contribution in [2.45, 2.75) is 26.4 Å². The Morgan fingerprint density at radius 2 is 2.38 bits per heavy atom. The highest BCUT2D eigenvalue weighted by molar-refractivity contribution is 5.44. The third-order valence-corrected chi connectivity index (χ3v) is 2.25. The molecule has 0 aliphatic carbocycles. The summed E-state index contributed by atoms with van der Waals surface area (Å²) in [4.78, 5) is 8.27. The van der Waals surface area contributed by atoms with Gasteiger partial charge in [0.25, 0.3) is 5.78 Å². The first-order valence-corrected chi connectivity index (χ1v) is 5.26. The second-order valence-electron chi connectivity index (χ2n) is 3.82. The van der Waals surface area contributed by atoms with Crippen molar-refractivity contribution in [3.05, 3.63) is 18.1 Å². The summed E-state index contributed by atoms with van der Waals surface area (Å²) in [6, 6.07) is 1.91. The van der Waals surface area contributed by atoms with Crippen LogP contribution in [0.25, 0.3) is 5.78 Å². The molecule has 1 atom stereocenters. The van der Waals surface area contributed by atoms with Gasteiger partial charge < -0.3 is 10.4 Å². The molecule has 0 aliphatic heterocycles. The second kappa shape index (κ2) is 4.44. The first-order valence-electron chi connectivity index (χ1n) is 5.26. The predicted octanol–water partition coefficient (Wildman–Crippen LogP) is 0.616. The zero-order valence-electron chi connectivity index (χ0n) is 9.38. The van der Waals surface area contributed by atoms with Crippen molar-refractivity contribution in [3.63, 3.8) is 0 Å². The van der Waals surface area contributed by atoms with E-state index < -0.39 is 0 Å². The highest BCUT2D eigenvalue weighted by atomic mass is 16.3. The summed E-state index contributed by atoms with van der Waals surface area (Å²) in [5, 5.41) is 16.5. The van der Waals surface area contributed by atoms with Crippen LogP contribution in [0.15, 0.2) is 12.4 Å². The van der Waals surface area contributed by atoms with Crippen molar-refractivity contribution in [3.8, 4) is 0 Å². The largest absolute Gasteiger partial charge is 0.393 e. The minimum atomic E-state index is -0.304. The molecule has 16 heavy (non-hydrogen) atoms. The van der Waals surface area contributed by atoms with Gasteiger partial charge in [-0.3, -0.25) is 0 Å². The standard InChI is InChI=1S/C10H15N5O/c1-7-5-9(11-4-3-8(2)16)15-10(14-7)12-6-13-15/h5-6,8,11,16H,3-4H2,1-2H3. The molecule has 2 aromatic rings. The van der Waals surface area contributed by atoms with Crippen LogP contribution in [0.5, 0.6) is 0 Å². The minimum Gasteiger partial charge on any atom is -0.393 e. The maximum atomic E-state index is 9.17. The summed E-state index contributed by atoms with van der Waals surface area (Å²) in [5.74, 6) is 1.43. The number of aromatic nitrogens is 4. The number of rotatable bonds is 4. The van der Waals surface area contributed by atoms with Gasteiger partial charge in [0, 0.05) is 18.3 Å². The van der Waals surface area contributed by atoms with Crippen LogP contribution in [0.3, 0.4) is 0 Å². The Hall–Kier alpha value is -1.69. The van der Waals surface area contributed by atoms with Gasteiger partial charge in [0.05, 0.1) is 6.10 Å². The molecule has 0 saturated heterocycles. The minimum absolute atomic E-state index is 0.304. The maximum absolute atomic E-state index is 9.17. The molecule has 0 radical (unpaired) electrons. The normalized spacial score (nSPS) is 12.9. The third-order valence-electron chi connectivity index (χ3n) is 2.25. The van der Waals surface area contributed by atoms with Gasteiger partial charge in [-0.1, -0.05) is 0 Å². The molecule has 2 aromatic heterocycles. The Kier molecular flexibility index (Phi) is 3.00. The second-order valence-corrected chi connectivity index (χ2v) is 3.82. The van der Waals surface area contributed by atoms with E-state index in [2.05, 4.69) is 20.4 Å². The number of aliphatic hydroxyl groups is 1. The molecule has 2 heterocycles. The molecule has 1 unspecified atom stereocenters. The lowest BCUT2D eigenvalue weighted by atomic mass is 10.3. The van der Waals surface area contributed by atoms with Crippen molar-refractivity contribution in [1.29, 1.82) is 0 Å². The highest BCUT2D eigenvalue weighted by Crippen LogP contribution is 2.09. The molecule has 2 rings (SSSR count). The number of hydrogen-bond acceptors (Lipinski definition) is 5. The van der Waals surface area contributed by atoms with Gasteiger partial charge in [0.2, 0.25) is 0 Å². The average Bonchev–Trinajstić information content (AvgIpc) is 2.64. The zero-order valence-corrected chi connectivity index (χ0v) is 9.38. The number of aryl methyl sites for hydroxylation is 1. The number of nitrogens with one attached hydrogen (secondary N) is 1. The van der Waals surface area contributed by atoms with E-state index in [1.807, 2.05) is 13.0 Å². The average molecular weight is 221 g/mol. The quantitative estimate of drug-likeness (QED) is 0.791. The summed E-state index contributed by atoms with van der Waals surface area (Å²) in [6.07, 6.45) is 1.86. The fourth-order valence-corrected chi connectivity index (χ4v) is 1.47. The lowest BCUT2D eigenvalue weighted by molar-refractivity contribution is 0.188. The number of aliphatic hydroxyl groups excluding tert-OH is 1. The van der Waals surface area contributed by atoms with Gasteiger partial charge in [0.15, 0.2) is 0 Å². The molecule has 0 fully saturated rings. The SMILES string of the molecule is Cc1cc(NCCC(C)O)n2ncnc2n1. The van der Waals surface area contributed by atoms with Crippen LogP contribution < -0.4 is 5.32 Å². The number of anilines is 1. The molecule has 86 valence electrons. The fourth-order valence-electron chi connectivity index (χ4n) is 1.47. The fraction of sp³-hybridized carbons (Fsp3) is 0.500. The Morgan fingerprint density at radius 3 is 3.12 bits per heavy atom. The molecular weight excluding hydrogens is 206 g/mol. The van der Waals surface area contributed by atoms with Crippen LogP contribution in [-0.2, 0) is 0 Å². The summed E-state index contributed by atoms with van der Waals surface area (Å²) < 4.78 is 1.65. The van der Waals surface area contributed by atoms with Gasteiger partial charge in [-0.25, -0.2) is 4.98 Å². The van der Waals surface area contributed by atoms with Crippen molar-refractivity contribution < 1.29 is 5.11 Å². The van der Waals surface area contributed by atoms with Crippen LogP contribution >= 0.6 is 0 Å². The van der Waals surface area contributed by atoms with Crippen LogP contribution in [0, 0.1) is 6.92 Å². The Bertz CT molecular complexity index is 479. The summed E-state index contributed by atoms with van der Waals surface area (Å²) in [7, 11) is 0. The molecule has 0 amide bonds.